The second-order valence-corrected chi connectivity index (χ2v) is 11.4. The van der Waals surface area contributed by atoms with Crippen molar-refractivity contribution in [3.05, 3.63) is 98.5 Å². The van der Waals surface area contributed by atoms with Gasteiger partial charge in [-0.1, -0.05) is 65.1 Å². The standard InChI is InChI=1S/C25H22Cl3N3O2S/c26-21-8-5-18(6-9-21)17-34(32,33)30-12-11-23(16-30)31(15-20-3-1-2-4-24(20)27)22-10-7-19(14-29)25(28)13-22/h1-10,13,23H,11-12,15-17H2/t23-/m0/s1. The Hall–Kier alpha value is -2.27. The van der Waals surface area contributed by atoms with E-state index in [1.54, 1.807) is 36.4 Å². The molecule has 1 heterocycles. The lowest BCUT2D eigenvalue weighted by atomic mass is 10.1. The van der Waals surface area contributed by atoms with Crippen LogP contribution in [0, 0.1) is 11.3 Å². The van der Waals surface area contributed by atoms with Gasteiger partial charge in [0.05, 0.1) is 16.3 Å². The van der Waals surface area contributed by atoms with Gasteiger partial charge in [-0.2, -0.15) is 9.57 Å². The molecular weight excluding hydrogens is 513 g/mol. The third-order valence-electron chi connectivity index (χ3n) is 5.93. The van der Waals surface area contributed by atoms with Crippen LogP contribution in [0.2, 0.25) is 15.1 Å². The Morgan fingerprint density at radius 3 is 2.41 bits per heavy atom. The Bertz CT molecular complexity index is 1320. The molecule has 34 heavy (non-hydrogen) atoms. The van der Waals surface area contributed by atoms with E-state index < -0.39 is 10.0 Å². The molecule has 0 spiro atoms. The average molecular weight is 535 g/mol. The van der Waals surface area contributed by atoms with Crippen LogP contribution in [0.15, 0.2) is 66.7 Å². The van der Waals surface area contributed by atoms with Crippen LogP contribution in [-0.2, 0) is 22.3 Å². The molecule has 0 bridgehead atoms. The van der Waals surface area contributed by atoms with Crippen molar-refractivity contribution in [3.8, 4) is 6.07 Å². The van der Waals surface area contributed by atoms with Crippen LogP contribution in [0.4, 0.5) is 5.69 Å². The highest BCUT2D eigenvalue weighted by Gasteiger charge is 2.35. The van der Waals surface area contributed by atoms with Crippen molar-refractivity contribution in [2.75, 3.05) is 18.0 Å². The van der Waals surface area contributed by atoms with Crippen molar-refractivity contribution in [3.63, 3.8) is 0 Å². The van der Waals surface area contributed by atoms with E-state index in [4.69, 9.17) is 34.8 Å². The van der Waals surface area contributed by atoms with Gasteiger partial charge in [-0.15, -0.1) is 0 Å². The van der Waals surface area contributed by atoms with E-state index >= 15 is 0 Å². The van der Waals surface area contributed by atoms with Crippen LogP contribution >= 0.6 is 34.8 Å². The van der Waals surface area contributed by atoms with Crippen LogP contribution in [0.1, 0.15) is 23.1 Å². The summed E-state index contributed by atoms with van der Waals surface area (Å²) in [6.45, 7) is 1.25. The van der Waals surface area contributed by atoms with Crippen molar-refractivity contribution in [2.24, 2.45) is 0 Å². The van der Waals surface area contributed by atoms with Crippen molar-refractivity contribution in [1.29, 1.82) is 5.26 Å². The van der Waals surface area contributed by atoms with Crippen LogP contribution in [-0.4, -0.2) is 31.9 Å². The van der Waals surface area contributed by atoms with Gasteiger partial charge in [0, 0.05) is 41.4 Å². The number of nitrogens with zero attached hydrogens (tertiary/aromatic N) is 3. The van der Waals surface area contributed by atoms with E-state index in [9.17, 15) is 13.7 Å². The topological polar surface area (TPSA) is 64.4 Å². The smallest absolute Gasteiger partial charge is 0.218 e. The third kappa shape index (κ3) is 5.68. The van der Waals surface area contributed by atoms with Gasteiger partial charge in [0.1, 0.15) is 6.07 Å². The highest BCUT2D eigenvalue weighted by atomic mass is 35.5. The number of benzene rings is 3. The second-order valence-electron chi connectivity index (χ2n) is 8.18. The highest BCUT2D eigenvalue weighted by molar-refractivity contribution is 7.88. The van der Waals surface area contributed by atoms with Crippen molar-refractivity contribution in [1.82, 2.24) is 4.31 Å². The predicted molar refractivity (Wildman–Crippen MR) is 138 cm³/mol. The molecule has 9 heteroatoms. The number of rotatable bonds is 7. The zero-order valence-electron chi connectivity index (χ0n) is 18.2. The lowest BCUT2D eigenvalue weighted by molar-refractivity contribution is 0.467. The van der Waals surface area contributed by atoms with E-state index in [1.807, 2.05) is 30.3 Å². The first-order chi connectivity index (χ1) is 16.3. The van der Waals surface area contributed by atoms with Gasteiger partial charge in [0.2, 0.25) is 10.0 Å². The quantitative estimate of drug-likeness (QED) is 0.366. The summed E-state index contributed by atoms with van der Waals surface area (Å²) in [4.78, 5) is 2.12. The molecule has 3 aromatic carbocycles. The number of hydrogen-bond donors (Lipinski definition) is 0. The van der Waals surface area contributed by atoms with Crippen LogP contribution in [0.3, 0.4) is 0 Å². The molecule has 0 saturated carbocycles. The fourth-order valence-electron chi connectivity index (χ4n) is 4.11. The molecule has 1 atom stereocenters. The normalized spacial score (nSPS) is 16.4. The fraction of sp³-hybridized carbons (Fsp3) is 0.240. The van der Waals surface area contributed by atoms with Crippen LogP contribution in [0.25, 0.3) is 0 Å². The zero-order chi connectivity index (χ0) is 24.3. The molecule has 1 aliphatic heterocycles. The van der Waals surface area contributed by atoms with Gasteiger partial charge in [0.25, 0.3) is 0 Å². The number of halogens is 3. The molecular formula is C25H22Cl3N3O2S. The molecule has 0 radical (unpaired) electrons. The van der Waals surface area contributed by atoms with Crippen LogP contribution < -0.4 is 4.90 Å². The lowest BCUT2D eigenvalue weighted by Gasteiger charge is -2.32. The second kappa shape index (κ2) is 10.6. The maximum Gasteiger partial charge on any atom is 0.218 e. The first-order valence-electron chi connectivity index (χ1n) is 10.7. The Balaban J connectivity index is 1.59. The molecule has 0 aromatic heterocycles. The summed E-state index contributed by atoms with van der Waals surface area (Å²) in [5, 5.41) is 10.8. The molecule has 0 amide bonds. The number of nitriles is 1. The minimum Gasteiger partial charge on any atom is -0.363 e. The van der Waals surface area contributed by atoms with E-state index in [0.717, 1.165) is 11.3 Å². The van der Waals surface area contributed by atoms with Gasteiger partial charge in [-0.3, -0.25) is 0 Å². The summed E-state index contributed by atoms with van der Waals surface area (Å²) in [5.41, 5.74) is 2.82. The summed E-state index contributed by atoms with van der Waals surface area (Å²) >= 11 is 18.7. The van der Waals surface area contributed by atoms with E-state index in [0.29, 0.717) is 52.2 Å². The molecule has 0 aliphatic carbocycles. The Labute approximate surface area is 215 Å². The molecule has 5 nitrogen and oxygen atoms in total. The molecule has 3 aromatic rings. The van der Waals surface area contributed by atoms with Gasteiger partial charge in [-0.05, 0) is 53.9 Å². The van der Waals surface area contributed by atoms with Crippen molar-refractivity contribution < 1.29 is 8.42 Å². The Morgan fingerprint density at radius 2 is 1.74 bits per heavy atom. The summed E-state index contributed by atoms with van der Waals surface area (Å²) in [6.07, 6.45) is 0.655. The minimum absolute atomic E-state index is 0.0793. The third-order valence-corrected chi connectivity index (χ3v) is 8.68. The molecule has 0 unspecified atom stereocenters. The monoisotopic (exact) mass is 533 g/mol. The fourth-order valence-corrected chi connectivity index (χ4v) is 6.23. The van der Waals surface area contributed by atoms with Gasteiger partial charge >= 0.3 is 0 Å². The molecule has 1 aliphatic rings. The van der Waals surface area contributed by atoms with E-state index in [2.05, 4.69) is 11.0 Å². The summed E-state index contributed by atoms with van der Waals surface area (Å²) in [5.74, 6) is -0.0793. The number of anilines is 1. The molecule has 1 fully saturated rings. The highest BCUT2D eigenvalue weighted by Crippen LogP contribution is 2.31. The summed E-state index contributed by atoms with van der Waals surface area (Å²) < 4.78 is 27.8. The predicted octanol–water partition coefficient (Wildman–Crippen LogP) is 6.13. The van der Waals surface area contributed by atoms with Gasteiger partial charge < -0.3 is 4.90 Å². The average Bonchev–Trinajstić information content (AvgIpc) is 3.31. The van der Waals surface area contributed by atoms with Gasteiger partial charge in [0.15, 0.2) is 0 Å². The number of hydrogen-bond acceptors (Lipinski definition) is 4. The molecule has 0 N–H and O–H groups in total. The zero-order valence-corrected chi connectivity index (χ0v) is 21.2. The van der Waals surface area contributed by atoms with Crippen molar-refractivity contribution in [2.45, 2.75) is 24.8 Å². The Morgan fingerprint density at radius 1 is 1.00 bits per heavy atom. The first kappa shape index (κ1) is 24.8. The van der Waals surface area contributed by atoms with E-state index in [-0.39, 0.29) is 11.8 Å². The number of sulfonamides is 1. The first-order valence-corrected chi connectivity index (χ1v) is 13.4. The van der Waals surface area contributed by atoms with E-state index in [1.165, 1.54) is 4.31 Å². The SMILES string of the molecule is N#Cc1ccc(N(Cc2ccccc2Cl)[C@H]2CCN(S(=O)(=O)Cc3ccc(Cl)cc3)C2)cc1Cl. The Kier molecular flexibility index (Phi) is 7.71. The largest absolute Gasteiger partial charge is 0.363 e. The summed E-state index contributed by atoms with van der Waals surface area (Å²) in [7, 11) is -3.51. The molecule has 4 rings (SSSR count). The summed E-state index contributed by atoms with van der Waals surface area (Å²) in [6, 6.07) is 21.7. The van der Waals surface area contributed by atoms with Gasteiger partial charge in [-0.25, -0.2) is 8.42 Å². The minimum atomic E-state index is -3.51. The van der Waals surface area contributed by atoms with Crippen LogP contribution in [0.5, 0.6) is 0 Å². The molecule has 1 saturated heterocycles. The van der Waals surface area contributed by atoms with Crippen molar-refractivity contribution >= 4 is 50.5 Å². The lowest BCUT2D eigenvalue weighted by Crippen LogP contribution is -2.39. The molecule has 176 valence electrons. The maximum absolute atomic E-state index is 13.1. The maximum atomic E-state index is 13.1.